The largest absolute Gasteiger partial charge is 0.448 e. The first kappa shape index (κ1) is 20.1. The van der Waals surface area contributed by atoms with E-state index < -0.39 is 0 Å². The standard InChI is InChI=1S/C29H28N2O2/c30-21-14-12-19(13-15-21)20-16-22-6-5-7-23(17-20)31(22)29(32)33-18-28-26-10-3-1-8-24(26)25-9-2-4-11-27(25)28/h1-4,8-16,22-23,28H,5-7,17-18,30H2. The van der Waals surface area contributed by atoms with Crippen molar-refractivity contribution >= 4 is 17.4 Å². The molecule has 4 heteroatoms. The third-order valence-corrected chi connectivity index (χ3v) is 7.47. The van der Waals surface area contributed by atoms with Crippen molar-refractivity contribution in [3.63, 3.8) is 0 Å². The summed E-state index contributed by atoms with van der Waals surface area (Å²) in [6.07, 6.45) is 6.10. The van der Waals surface area contributed by atoms with E-state index in [1.165, 1.54) is 33.4 Å². The molecular formula is C29H28N2O2. The van der Waals surface area contributed by atoms with Crippen LogP contribution in [0.4, 0.5) is 10.5 Å². The van der Waals surface area contributed by atoms with E-state index in [0.717, 1.165) is 31.4 Å². The van der Waals surface area contributed by atoms with Gasteiger partial charge in [0, 0.05) is 17.6 Å². The number of nitrogen functional groups attached to an aromatic ring is 1. The van der Waals surface area contributed by atoms with E-state index in [-0.39, 0.29) is 24.1 Å². The van der Waals surface area contributed by atoms with Gasteiger partial charge in [-0.15, -0.1) is 0 Å². The lowest BCUT2D eigenvalue weighted by Crippen LogP contribution is -2.51. The Bertz CT molecular complexity index is 1180. The summed E-state index contributed by atoms with van der Waals surface area (Å²) in [5.41, 5.74) is 14.1. The highest BCUT2D eigenvalue weighted by Gasteiger charge is 2.39. The van der Waals surface area contributed by atoms with Crippen molar-refractivity contribution in [3.05, 3.63) is 95.6 Å². The van der Waals surface area contributed by atoms with Gasteiger partial charge in [-0.2, -0.15) is 0 Å². The summed E-state index contributed by atoms with van der Waals surface area (Å²) in [4.78, 5) is 15.3. The summed E-state index contributed by atoms with van der Waals surface area (Å²) < 4.78 is 6.01. The predicted molar refractivity (Wildman–Crippen MR) is 132 cm³/mol. The van der Waals surface area contributed by atoms with Gasteiger partial charge in [-0.3, -0.25) is 4.90 Å². The van der Waals surface area contributed by atoms with E-state index in [9.17, 15) is 4.79 Å². The molecular weight excluding hydrogens is 408 g/mol. The van der Waals surface area contributed by atoms with Gasteiger partial charge in [-0.1, -0.05) is 66.7 Å². The van der Waals surface area contributed by atoms with Crippen molar-refractivity contribution in [2.75, 3.05) is 12.3 Å². The van der Waals surface area contributed by atoms with E-state index in [4.69, 9.17) is 10.5 Å². The second kappa shape index (κ2) is 8.11. The van der Waals surface area contributed by atoms with Crippen molar-refractivity contribution < 1.29 is 9.53 Å². The SMILES string of the molecule is Nc1ccc(C2=CC3CCCC(C2)N3C(=O)OCC2c3ccccc3-c3ccccc32)cc1. The number of nitrogens with two attached hydrogens (primary N) is 1. The van der Waals surface area contributed by atoms with Crippen LogP contribution in [0.2, 0.25) is 0 Å². The first-order valence-electron chi connectivity index (χ1n) is 11.9. The smallest absolute Gasteiger partial charge is 0.410 e. The molecule has 2 aliphatic heterocycles. The number of carbonyl (C=O) groups excluding carboxylic acids is 1. The number of carbonyl (C=O) groups is 1. The molecule has 2 bridgehead atoms. The second-order valence-electron chi connectivity index (χ2n) is 9.38. The Morgan fingerprint density at radius 3 is 2.24 bits per heavy atom. The molecule has 1 amide bonds. The van der Waals surface area contributed by atoms with E-state index >= 15 is 0 Å². The van der Waals surface area contributed by atoms with Crippen molar-refractivity contribution in [2.45, 2.75) is 43.7 Å². The number of fused-ring (bicyclic) bond motifs is 5. The minimum atomic E-state index is -0.181. The third kappa shape index (κ3) is 3.50. The molecule has 166 valence electrons. The zero-order valence-electron chi connectivity index (χ0n) is 18.6. The number of amides is 1. The molecule has 1 fully saturated rings. The molecule has 3 aliphatic rings. The average Bonchev–Trinajstić information content (AvgIpc) is 3.16. The van der Waals surface area contributed by atoms with Crippen LogP contribution in [-0.4, -0.2) is 29.7 Å². The third-order valence-electron chi connectivity index (χ3n) is 7.47. The van der Waals surface area contributed by atoms with Gasteiger partial charge in [0.25, 0.3) is 0 Å². The summed E-state index contributed by atoms with van der Waals surface area (Å²) >= 11 is 0. The lowest BCUT2D eigenvalue weighted by molar-refractivity contribution is 0.0539. The predicted octanol–water partition coefficient (Wildman–Crippen LogP) is 6.23. The average molecular weight is 437 g/mol. The molecule has 33 heavy (non-hydrogen) atoms. The van der Waals surface area contributed by atoms with Crippen LogP contribution in [0.25, 0.3) is 16.7 Å². The van der Waals surface area contributed by atoms with Gasteiger partial charge in [-0.25, -0.2) is 4.79 Å². The van der Waals surface area contributed by atoms with Gasteiger partial charge >= 0.3 is 6.09 Å². The maximum absolute atomic E-state index is 13.3. The Morgan fingerprint density at radius 2 is 1.58 bits per heavy atom. The highest BCUT2D eigenvalue weighted by Crippen LogP contribution is 2.45. The van der Waals surface area contributed by atoms with Gasteiger partial charge in [0.1, 0.15) is 6.61 Å². The maximum Gasteiger partial charge on any atom is 0.410 e. The summed E-state index contributed by atoms with van der Waals surface area (Å²) in [6.45, 7) is 0.372. The lowest BCUT2D eigenvalue weighted by atomic mass is 9.83. The van der Waals surface area contributed by atoms with Gasteiger partial charge < -0.3 is 10.5 Å². The number of benzene rings is 3. The summed E-state index contributed by atoms with van der Waals surface area (Å²) in [7, 11) is 0. The molecule has 2 N–H and O–H groups in total. The topological polar surface area (TPSA) is 55.6 Å². The van der Waals surface area contributed by atoms with E-state index in [0.29, 0.717) is 6.61 Å². The molecule has 4 nitrogen and oxygen atoms in total. The minimum Gasteiger partial charge on any atom is -0.448 e. The van der Waals surface area contributed by atoms with Crippen molar-refractivity contribution in [2.24, 2.45) is 0 Å². The highest BCUT2D eigenvalue weighted by atomic mass is 16.6. The normalized spacial score (nSPS) is 21.2. The van der Waals surface area contributed by atoms with Crippen molar-refractivity contribution in [1.29, 1.82) is 0 Å². The molecule has 2 heterocycles. The number of piperidine rings is 1. The first-order valence-corrected chi connectivity index (χ1v) is 11.9. The zero-order valence-corrected chi connectivity index (χ0v) is 18.6. The van der Waals surface area contributed by atoms with Crippen LogP contribution in [0.5, 0.6) is 0 Å². The van der Waals surface area contributed by atoms with Crippen LogP contribution in [0.3, 0.4) is 0 Å². The molecule has 6 rings (SSSR count). The Labute approximate surface area is 194 Å². The summed E-state index contributed by atoms with van der Waals surface area (Å²) in [6, 6.07) is 25.3. The van der Waals surface area contributed by atoms with E-state index in [1.807, 2.05) is 17.0 Å². The fourth-order valence-corrected chi connectivity index (χ4v) is 5.89. The van der Waals surface area contributed by atoms with E-state index in [1.54, 1.807) is 0 Å². The van der Waals surface area contributed by atoms with Crippen LogP contribution in [0.15, 0.2) is 78.9 Å². The quantitative estimate of drug-likeness (QED) is 0.495. The van der Waals surface area contributed by atoms with Crippen molar-refractivity contribution in [3.8, 4) is 11.1 Å². The number of ether oxygens (including phenoxy) is 1. The number of hydrogen-bond donors (Lipinski definition) is 1. The molecule has 0 aromatic heterocycles. The fourth-order valence-electron chi connectivity index (χ4n) is 5.89. The van der Waals surface area contributed by atoms with Crippen LogP contribution < -0.4 is 5.73 Å². The molecule has 1 aliphatic carbocycles. The Balaban J connectivity index is 1.22. The zero-order chi connectivity index (χ0) is 22.4. The Morgan fingerprint density at radius 1 is 0.909 bits per heavy atom. The molecule has 0 radical (unpaired) electrons. The highest BCUT2D eigenvalue weighted by molar-refractivity contribution is 5.79. The van der Waals surface area contributed by atoms with E-state index in [2.05, 4.69) is 66.7 Å². The van der Waals surface area contributed by atoms with Crippen LogP contribution in [-0.2, 0) is 4.74 Å². The minimum absolute atomic E-state index is 0.0897. The van der Waals surface area contributed by atoms with Gasteiger partial charge in [-0.05, 0) is 71.2 Å². The van der Waals surface area contributed by atoms with Gasteiger partial charge in [0.05, 0.1) is 6.04 Å². The molecule has 2 unspecified atom stereocenters. The summed E-state index contributed by atoms with van der Waals surface area (Å²) in [5, 5.41) is 0. The number of nitrogens with zero attached hydrogens (tertiary/aromatic N) is 1. The monoisotopic (exact) mass is 436 g/mol. The molecule has 3 aromatic rings. The van der Waals surface area contributed by atoms with Crippen LogP contribution in [0.1, 0.15) is 48.3 Å². The number of hydrogen-bond acceptors (Lipinski definition) is 3. The number of rotatable bonds is 3. The number of anilines is 1. The first-order chi connectivity index (χ1) is 16.2. The second-order valence-corrected chi connectivity index (χ2v) is 9.38. The molecule has 1 saturated heterocycles. The molecule has 2 atom stereocenters. The van der Waals surface area contributed by atoms with Crippen molar-refractivity contribution in [1.82, 2.24) is 4.90 Å². The molecule has 3 aromatic carbocycles. The molecule has 0 spiro atoms. The van der Waals surface area contributed by atoms with Gasteiger partial charge in [0.2, 0.25) is 0 Å². The summed E-state index contributed by atoms with van der Waals surface area (Å²) in [5.74, 6) is 0.0897. The maximum atomic E-state index is 13.3. The van der Waals surface area contributed by atoms with Crippen LogP contribution >= 0.6 is 0 Å². The molecule has 0 saturated carbocycles. The lowest BCUT2D eigenvalue weighted by Gasteiger charge is -2.44. The Kier molecular flexibility index (Phi) is 4.94. The Hall–Kier alpha value is -3.53. The van der Waals surface area contributed by atoms with Gasteiger partial charge in [0.15, 0.2) is 0 Å². The fraction of sp³-hybridized carbons (Fsp3) is 0.276. The van der Waals surface area contributed by atoms with Crippen LogP contribution in [0, 0.1) is 0 Å².